The van der Waals surface area contributed by atoms with Crippen LogP contribution in [0.4, 0.5) is 0 Å². The van der Waals surface area contributed by atoms with Crippen molar-refractivity contribution in [3.8, 4) is 0 Å². The Kier molecular flexibility index (Phi) is 3.83. The van der Waals surface area contributed by atoms with Gasteiger partial charge in [0.05, 0.1) is 23.6 Å². The van der Waals surface area contributed by atoms with Gasteiger partial charge in [0.1, 0.15) is 0 Å². The van der Waals surface area contributed by atoms with Gasteiger partial charge in [-0.05, 0) is 13.3 Å². The third kappa shape index (κ3) is 2.65. The number of thiocarbonyl (C=S) groups is 1. The highest BCUT2D eigenvalue weighted by Gasteiger charge is 2.30. The molecule has 1 rings (SSSR count). The summed E-state index contributed by atoms with van der Waals surface area (Å²) in [5, 5.41) is 0. The fourth-order valence-corrected chi connectivity index (χ4v) is 1.81. The molecule has 2 N–H and O–H groups in total. The first-order chi connectivity index (χ1) is 6.52. The highest BCUT2D eigenvalue weighted by Crippen LogP contribution is 2.18. The van der Waals surface area contributed by atoms with E-state index in [1.165, 1.54) is 0 Å². The van der Waals surface area contributed by atoms with E-state index in [2.05, 4.69) is 0 Å². The molecular weight excluding hydrogens is 200 g/mol. The maximum atomic E-state index is 11.6. The zero-order valence-electron chi connectivity index (χ0n) is 8.53. The van der Waals surface area contributed by atoms with Crippen LogP contribution in [0.2, 0.25) is 0 Å². The quantitative estimate of drug-likeness (QED) is 0.689. The molecule has 0 aliphatic carbocycles. The Hall–Kier alpha value is -0.680. The fraction of sp³-hybridized carbons (Fsp3) is 0.778. The number of carbonyl (C=O) groups excluding carboxylic acids is 1. The molecule has 0 bridgehead atoms. The summed E-state index contributed by atoms with van der Waals surface area (Å²) < 4.78 is 5.38. The number of carbonyl (C=O) groups is 1. The van der Waals surface area contributed by atoms with Crippen molar-refractivity contribution in [3.63, 3.8) is 0 Å². The maximum Gasteiger partial charge on any atom is 0.229 e. The normalized spacial score (nSPS) is 26.1. The largest absolute Gasteiger partial charge is 0.393 e. The van der Waals surface area contributed by atoms with Gasteiger partial charge >= 0.3 is 0 Å². The van der Waals surface area contributed by atoms with Crippen molar-refractivity contribution < 1.29 is 9.53 Å². The van der Waals surface area contributed by atoms with Crippen LogP contribution in [-0.2, 0) is 9.53 Å². The summed E-state index contributed by atoms with van der Waals surface area (Å²) >= 11 is 4.69. The van der Waals surface area contributed by atoms with Gasteiger partial charge in [-0.1, -0.05) is 12.2 Å². The molecule has 0 aromatic carbocycles. The van der Waals surface area contributed by atoms with E-state index in [-0.39, 0.29) is 29.5 Å². The number of hydrogen-bond acceptors (Lipinski definition) is 3. The van der Waals surface area contributed by atoms with Crippen molar-refractivity contribution in [2.24, 2.45) is 5.73 Å². The second-order valence-electron chi connectivity index (χ2n) is 3.58. The van der Waals surface area contributed by atoms with Crippen LogP contribution in [0.15, 0.2) is 0 Å². The number of likely N-dealkylation sites (N-methyl/N-ethyl adjacent to an activating group) is 1. The van der Waals surface area contributed by atoms with E-state index in [1.807, 2.05) is 6.92 Å². The number of nitrogens with zero attached hydrogens (tertiary/aromatic N) is 1. The minimum atomic E-state index is -0.0279. The Bertz CT molecular complexity index is 245. The summed E-state index contributed by atoms with van der Waals surface area (Å²) in [6.45, 7) is 2.69. The zero-order chi connectivity index (χ0) is 10.7. The van der Waals surface area contributed by atoms with Gasteiger partial charge in [-0.2, -0.15) is 0 Å². The van der Waals surface area contributed by atoms with E-state index < -0.39 is 0 Å². The van der Waals surface area contributed by atoms with Crippen LogP contribution >= 0.6 is 12.2 Å². The van der Waals surface area contributed by atoms with Gasteiger partial charge in [0.25, 0.3) is 0 Å². The number of nitrogens with two attached hydrogens (primary N) is 1. The van der Waals surface area contributed by atoms with Crippen LogP contribution in [0, 0.1) is 0 Å². The zero-order valence-corrected chi connectivity index (χ0v) is 9.34. The summed E-state index contributed by atoms with van der Waals surface area (Å²) in [4.78, 5) is 13.5. The molecule has 1 fully saturated rings. The molecule has 2 unspecified atom stereocenters. The number of ether oxygens (including phenoxy) is 1. The van der Waals surface area contributed by atoms with Crippen molar-refractivity contribution in [1.29, 1.82) is 0 Å². The molecule has 1 saturated heterocycles. The van der Waals surface area contributed by atoms with E-state index in [9.17, 15) is 4.79 Å². The monoisotopic (exact) mass is 216 g/mol. The maximum absolute atomic E-state index is 11.6. The standard InChI is InChI=1S/C9H16N2O2S/c1-6-7(3-4-13-6)11(2)9(12)5-8(10)14/h6-7H,3-5H2,1-2H3,(H2,10,14). The highest BCUT2D eigenvalue weighted by molar-refractivity contribution is 7.80. The van der Waals surface area contributed by atoms with E-state index in [0.29, 0.717) is 0 Å². The Labute approximate surface area is 89.4 Å². The Morgan fingerprint density at radius 2 is 2.36 bits per heavy atom. The van der Waals surface area contributed by atoms with Gasteiger partial charge in [0.2, 0.25) is 5.91 Å². The lowest BCUT2D eigenvalue weighted by atomic mass is 10.1. The molecule has 0 aromatic heterocycles. The lowest BCUT2D eigenvalue weighted by Crippen LogP contribution is -2.42. The summed E-state index contributed by atoms with van der Waals surface area (Å²) in [7, 11) is 1.77. The molecule has 0 radical (unpaired) electrons. The fourth-order valence-electron chi connectivity index (χ4n) is 1.69. The molecule has 0 saturated carbocycles. The van der Waals surface area contributed by atoms with E-state index >= 15 is 0 Å². The van der Waals surface area contributed by atoms with Gasteiger partial charge in [0, 0.05) is 13.7 Å². The molecule has 5 heteroatoms. The van der Waals surface area contributed by atoms with E-state index in [0.717, 1.165) is 13.0 Å². The minimum Gasteiger partial charge on any atom is -0.393 e. The summed E-state index contributed by atoms with van der Waals surface area (Å²) in [5.74, 6) is -0.0279. The van der Waals surface area contributed by atoms with Gasteiger partial charge in [-0.25, -0.2) is 0 Å². The average molecular weight is 216 g/mol. The van der Waals surface area contributed by atoms with Crippen LogP contribution in [0.5, 0.6) is 0 Å². The summed E-state index contributed by atoms with van der Waals surface area (Å²) in [6, 6.07) is 0.164. The summed E-state index contributed by atoms with van der Waals surface area (Å²) in [5.41, 5.74) is 5.32. The van der Waals surface area contributed by atoms with Gasteiger partial charge < -0.3 is 15.4 Å². The number of rotatable bonds is 3. The Morgan fingerprint density at radius 1 is 1.71 bits per heavy atom. The highest BCUT2D eigenvalue weighted by atomic mass is 32.1. The predicted octanol–water partition coefficient (Wildman–Crippen LogP) is 0.298. The third-order valence-electron chi connectivity index (χ3n) is 2.55. The lowest BCUT2D eigenvalue weighted by molar-refractivity contribution is -0.131. The first-order valence-electron chi connectivity index (χ1n) is 4.68. The molecule has 1 heterocycles. The van der Waals surface area contributed by atoms with Gasteiger partial charge in [-0.15, -0.1) is 0 Å². The molecule has 0 spiro atoms. The number of amides is 1. The molecule has 80 valence electrons. The van der Waals surface area contributed by atoms with Crippen molar-refractivity contribution in [2.45, 2.75) is 31.9 Å². The molecule has 14 heavy (non-hydrogen) atoms. The van der Waals surface area contributed by atoms with Crippen molar-refractivity contribution >= 4 is 23.1 Å². The first kappa shape index (κ1) is 11.4. The average Bonchev–Trinajstić information content (AvgIpc) is 2.48. The van der Waals surface area contributed by atoms with Crippen LogP contribution < -0.4 is 5.73 Å². The third-order valence-corrected chi connectivity index (χ3v) is 2.70. The summed E-state index contributed by atoms with van der Waals surface area (Å²) in [6.07, 6.45) is 1.14. The van der Waals surface area contributed by atoms with Crippen LogP contribution in [-0.4, -0.2) is 41.6 Å². The molecule has 1 amide bonds. The molecular formula is C9H16N2O2S. The van der Waals surface area contributed by atoms with Crippen LogP contribution in [0.25, 0.3) is 0 Å². The van der Waals surface area contributed by atoms with E-state index in [1.54, 1.807) is 11.9 Å². The van der Waals surface area contributed by atoms with Crippen molar-refractivity contribution in [3.05, 3.63) is 0 Å². The van der Waals surface area contributed by atoms with Gasteiger partial charge in [-0.3, -0.25) is 4.79 Å². The molecule has 1 aliphatic heterocycles. The molecule has 1 aliphatic rings. The second-order valence-corrected chi connectivity index (χ2v) is 4.10. The molecule has 2 atom stereocenters. The predicted molar refractivity (Wildman–Crippen MR) is 58.0 cm³/mol. The Morgan fingerprint density at radius 3 is 2.79 bits per heavy atom. The first-order valence-corrected chi connectivity index (χ1v) is 5.08. The SMILES string of the molecule is CC1OCCC1N(C)C(=O)CC(N)=S. The minimum absolute atomic E-state index is 0.0279. The Balaban J connectivity index is 2.51. The van der Waals surface area contributed by atoms with E-state index in [4.69, 9.17) is 22.7 Å². The van der Waals surface area contributed by atoms with Crippen molar-refractivity contribution in [1.82, 2.24) is 4.90 Å². The van der Waals surface area contributed by atoms with Crippen LogP contribution in [0.3, 0.4) is 0 Å². The lowest BCUT2D eigenvalue weighted by Gasteiger charge is -2.26. The smallest absolute Gasteiger partial charge is 0.229 e. The second kappa shape index (κ2) is 4.70. The van der Waals surface area contributed by atoms with Gasteiger partial charge in [0.15, 0.2) is 0 Å². The molecule has 4 nitrogen and oxygen atoms in total. The van der Waals surface area contributed by atoms with Crippen LogP contribution in [0.1, 0.15) is 19.8 Å². The topological polar surface area (TPSA) is 55.6 Å². The van der Waals surface area contributed by atoms with Crippen molar-refractivity contribution in [2.75, 3.05) is 13.7 Å². The number of hydrogen-bond donors (Lipinski definition) is 1. The molecule has 0 aromatic rings.